The van der Waals surface area contributed by atoms with Crippen molar-refractivity contribution < 1.29 is 4.42 Å². The maximum Gasteiger partial charge on any atom is 0.135 e. The lowest BCUT2D eigenvalue weighted by Gasteiger charge is -2.34. The van der Waals surface area contributed by atoms with Crippen molar-refractivity contribution in [2.75, 3.05) is 4.90 Å². The van der Waals surface area contributed by atoms with E-state index in [0.29, 0.717) is 0 Å². The number of benzene rings is 10. The smallest absolute Gasteiger partial charge is 0.135 e. The van der Waals surface area contributed by atoms with E-state index in [4.69, 9.17) is 4.42 Å². The summed E-state index contributed by atoms with van der Waals surface area (Å²) in [6.07, 6.45) is 0. The van der Waals surface area contributed by atoms with E-state index >= 15 is 0 Å². The van der Waals surface area contributed by atoms with Crippen molar-refractivity contribution in [3.63, 3.8) is 0 Å². The molecule has 0 aliphatic heterocycles. The maximum atomic E-state index is 6.13. The second-order valence-corrected chi connectivity index (χ2v) is 16.4. The standard InChI is InChI=1S/C61H41NO/c1-3-15-42(16-4-1)46-19-14-22-52(40-46)62(50-34-29-43(30-35-50)44-17-13-18-45(39-44)47-31-38-60-56(41-47)55-25-9-12-28-59(55)63-60)51-36-32-49(33-37-51)61(48-20-5-2-6-21-48)57-26-10-7-23-53(57)54-24-8-11-27-58(54)61/h1-41H. The molecule has 2 heteroatoms. The second-order valence-electron chi connectivity index (χ2n) is 16.4. The zero-order chi connectivity index (χ0) is 41.7. The Labute approximate surface area is 367 Å². The summed E-state index contributed by atoms with van der Waals surface area (Å²) in [6, 6.07) is 90.3. The van der Waals surface area contributed by atoms with Crippen LogP contribution >= 0.6 is 0 Å². The first-order valence-corrected chi connectivity index (χ1v) is 21.7. The number of hydrogen-bond acceptors (Lipinski definition) is 2. The molecule has 0 atom stereocenters. The van der Waals surface area contributed by atoms with Gasteiger partial charge in [0.1, 0.15) is 11.2 Å². The van der Waals surface area contributed by atoms with Crippen LogP contribution in [0.15, 0.2) is 253 Å². The van der Waals surface area contributed by atoms with E-state index in [1.54, 1.807) is 0 Å². The quantitative estimate of drug-likeness (QED) is 0.152. The third-order valence-electron chi connectivity index (χ3n) is 13.0. The lowest BCUT2D eigenvalue weighted by molar-refractivity contribution is 0.669. The summed E-state index contributed by atoms with van der Waals surface area (Å²) in [5.74, 6) is 0. The average Bonchev–Trinajstić information content (AvgIpc) is 3.89. The van der Waals surface area contributed by atoms with Gasteiger partial charge in [-0.3, -0.25) is 0 Å². The predicted molar refractivity (Wildman–Crippen MR) is 262 cm³/mol. The third kappa shape index (κ3) is 6.10. The van der Waals surface area contributed by atoms with Crippen LogP contribution in [0, 0.1) is 0 Å². The molecule has 10 aromatic carbocycles. The van der Waals surface area contributed by atoms with Crippen LogP contribution in [0.3, 0.4) is 0 Å². The van der Waals surface area contributed by atoms with E-state index in [2.05, 4.69) is 241 Å². The van der Waals surface area contributed by atoms with Crippen LogP contribution < -0.4 is 4.90 Å². The van der Waals surface area contributed by atoms with Crippen LogP contribution in [0.5, 0.6) is 0 Å². The Hall–Kier alpha value is -8.20. The minimum Gasteiger partial charge on any atom is -0.456 e. The zero-order valence-electron chi connectivity index (χ0n) is 34.5. The van der Waals surface area contributed by atoms with Crippen molar-refractivity contribution in [3.05, 3.63) is 271 Å². The Balaban J connectivity index is 0.953. The fraction of sp³-hybridized carbons (Fsp3) is 0.0164. The number of fused-ring (bicyclic) bond motifs is 6. The number of para-hydroxylation sites is 1. The van der Waals surface area contributed by atoms with Gasteiger partial charge in [0.05, 0.1) is 5.41 Å². The molecule has 0 amide bonds. The number of furan rings is 1. The summed E-state index contributed by atoms with van der Waals surface area (Å²) in [4.78, 5) is 2.38. The lowest BCUT2D eigenvalue weighted by atomic mass is 9.68. The number of nitrogens with zero attached hydrogens (tertiary/aromatic N) is 1. The van der Waals surface area contributed by atoms with Crippen LogP contribution in [-0.4, -0.2) is 0 Å². The first-order chi connectivity index (χ1) is 31.2. The zero-order valence-corrected chi connectivity index (χ0v) is 34.5. The van der Waals surface area contributed by atoms with Crippen molar-refractivity contribution in [2.24, 2.45) is 0 Å². The van der Waals surface area contributed by atoms with Crippen LogP contribution in [0.25, 0.3) is 66.4 Å². The molecule has 2 nitrogen and oxygen atoms in total. The van der Waals surface area contributed by atoms with Gasteiger partial charge in [-0.05, 0) is 127 Å². The lowest BCUT2D eigenvalue weighted by Crippen LogP contribution is -2.28. The van der Waals surface area contributed by atoms with Gasteiger partial charge in [0.2, 0.25) is 0 Å². The first-order valence-electron chi connectivity index (χ1n) is 21.7. The van der Waals surface area contributed by atoms with E-state index in [1.807, 2.05) is 12.1 Å². The van der Waals surface area contributed by atoms with Crippen molar-refractivity contribution >= 4 is 39.0 Å². The molecule has 12 rings (SSSR count). The molecular formula is C61H41NO. The van der Waals surface area contributed by atoms with Crippen LogP contribution in [-0.2, 0) is 5.41 Å². The summed E-state index contributed by atoms with van der Waals surface area (Å²) in [5, 5.41) is 2.27. The molecule has 0 spiro atoms. The SMILES string of the molecule is c1ccc(-c2cccc(N(c3ccc(-c4cccc(-c5ccc6oc7ccccc7c6c5)c4)cc3)c3ccc(C4(c5ccccc5)c5ccccc5-c5ccccc54)cc3)c2)cc1. The molecule has 11 aromatic rings. The number of anilines is 3. The number of hydrogen-bond donors (Lipinski definition) is 0. The maximum absolute atomic E-state index is 6.13. The molecule has 63 heavy (non-hydrogen) atoms. The summed E-state index contributed by atoms with van der Waals surface area (Å²) in [5.41, 5.74) is 19.4. The molecule has 296 valence electrons. The van der Waals surface area contributed by atoms with Crippen molar-refractivity contribution in [1.82, 2.24) is 0 Å². The van der Waals surface area contributed by atoms with Gasteiger partial charge in [-0.2, -0.15) is 0 Å². The molecule has 1 aromatic heterocycles. The van der Waals surface area contributed by atoms with Gasteiger partial charge < -0.3 is 9.32 Å². The fourth-order valence-corrected chi connectivity index (χ4v) is 10.1. The Morgan fingerprint density at radius 2 is 0.762 bits per heavy atom. The molecule has 1 aliphatic carbocycles. The minimum atomic E-state index is -0.459. The van der Waals surface area contributed by atoms with Crippen LogP contribution in [0.2, 0.25) is 0 Å². The summed E-state index contributed by atoms with van der Waals surface area (Å²) < 4.78 is 6.13. The highest BCUT2D eigenvalue weighted by molar-refractivity contribution is 6.06. The Morgan fingerprint density at radius 1 is 0.286 bits per heavy atom. The first kappa shape index (κ1) is 36.6. The van der Waals surface area contributed by atoms with Gasteiger partial charge in [0, 0.05) is 27.8 Å². The van der Waals surface area contributed by atoms with Crippen LogP contribution in [0.1, 0.15) is 22.3 Å². The van der Waals surface area contributed by atoms with Gasteiger partial charge in [0.15, 0.2) is 0 Å². The second kappa shape index (κ2) is 15.1. The van der Waals surface area contributed by atoms with Gasteiger partial charge >= 0.3 is 0 Å². The highest BCUT2D eigenvalue weighted by atomic mass is 16.3. The largest absolute Gasteiger partial charge is 0.456 e. The summed E-state index contributed by atoms with van der Waals surface area (Å²) in [7, 11) is 0. The average molecular weight is 804 g/mol. The van der Waals surface area contributed by atoms with E-state index in [9.17, 15) is 0 Å². The van der Waals surface area contributed by atoms with Gasteiger partial charge in [0.25, 0.3) is 0 Å². The molecule has 0 unspecified atom stereocenters. The minimum absolute atomic E-state index is 0.459. The third-order valence-corrected chi connectivity index (χ3v) is 13.0. The molecular weight excluding hydrogens is 763 g/mol. The summed E-state index contributed by atoms with van der Waals surface area (Å²) >= 11 is 0. The molecule has 1 heterocycles. The van der Waals surface area contributed by atoms with Gasteiger partial charge in [-0.25, -0.2) is 0 Å². The molecule has 0 saturated heterocycles. The topological polar surface area (TPSA) is 16.4 Å². The van der Waals surface area contributed by atoms with Crippen LogP contribution in [0.4, 0.5) is 17.1 Å². The molecule has 0 N–H and O–H groups in total. The van der Waals surface area contributed by atoms with Gasteiger partial charge in [-0.1, -0.05) is 188 Å². The molecule has 1 aliphatic rings. The highest BCUT2D eigenvalue weighted by Gasteiger charge is 2.45. The molecule has 0 bridgehead atoms. The fourth-order valence-electron chi connectivity index (χ4n) is 10.1. The highest BCUT2D eigenvalue weighted by Crippen LogP contribution is 2.56. The van der Waals surface area contributed by atoms with E-state index in [0.717, 1.165) is 44.6 Å². The Bertz CT molecular complexity index is 3390. The van der Waals surface area contributed by atoms with Crippen molar-refractivity contribution in [1.29, 1.82) is 0 Å². The van der Waals surface area contributed by atoms with Crippen molar-refractivity contribution in [3.8, 4) is 44.5 Å². The normalized spacial score (nSPS) is 12.6. The van der Waals surface area contributed by atoms with Gasteiger partial charge in [-0.15, -0.1) is 0 Å². The number of rotatable bonds is 8. The molecule has 0 radical (unpaired) electrons. The summed E-state index contributed by atoms with van der Waals surface area (Å²) in [6.45, 7) is 0. The predicted octanol–water partition coefficient (Wildman–Crippen LogP) is 16.4. The van der Waals surface area contributed by atoms with E-state index in [1.165, 1.54) is 61.2 Å². The van der Waals surface area contributed by atoms with E-state index in [-0.39, 0.29) is 0 Å². The Kier molecular flexibility index (Phi) is 8.76. The van der Waals surface area contributed by atoms with E-state index < -0.39 is 5.41 Å². The molecule has 0 fully saturated rings. The Morgan fingerprint density at radius 3 is 1.48 bits per heavy atom. The molecule has 0 saturated carbocycles. The monoisotopic (exact) mass is 803 g/mol. The van der Waals surface area contributed by atoms with Crippen molar-refractivity contribution in [2.45, 2.75) is 5.41 Å².